The summed E-state index contributed by atoms with van der Waals surface area (Å²) in [6.45, 7) is 4.09. The molecule has 1 aliphatic heterocycles. The van der Waals surface area contributed by atoms with Gasteiger partial charge < -0.3 is 19.9 Å². The number of carbonyl (C=O) groups is 2. The van der Waals surface area contributed by atoms with Gasteiger partial charge >= 0.3 is 5.97 Å². The lowest BCUT2D eigenvalue weighted by Gasteiger charge is -2.35. The molecule has 0 radical (unpaired) electrons. The number of hydrogen-bond acceptors (Lipinski definition) is 4. The maximum absolute atomic E-state index is 13.7. The van der Waals surface area contributed by atoms with Crippen molar-refractivity contribution in [1.29, 1.82) is 0 Å². The maximum Gasteiger partial charge on any atom is 0.335 e. The lowest BCUT2D eigenvalue weighted by molar-refractivity contribution is -0.127. The van der Waals surface area contributed by atoms with Crippen LogP contribution >= 0.6 is 0 Å². The van der Waals surface area contributed by atoms with Gasteiger partial charge in [0.25, 0.3) is 0 Å². The molecule has 3 atom stereocenters. The van der Waals surface area contributed by atoms with Crippen LogP contribution in [-0.2, 0) is 16.6 Å². The van der Waals surface area contributed by atoms with Gasteiger partial charge in [-0.25, -0.2) is 4.79 Å². The number of rotatable bonds is 5. The lowest BCUT2D eigenvalue weighted by Crippen LogP contribution is -2.44. The number of benzene rings is 3. The van der Waals surface area contributed by atoms with Crippen molar-refractivity contribution in [2.45, 2.75) is 50.7 Å². The van der Waals surface area contributed by atoms with Gasteiger partial charge in [-0.1, -0.05) is 35.9 Å². The van der Waals surface area contributed by atoms with Crippen molar-refractivity contribution in [3.8, 4) is 11.5 Å². The number of methoxy groups -OCH3 is 1. The average molecular weight is 472 g/mol. The highest BCUT2D eigenvalue weighted by molar-refractivity contribution is 5.90. The first-order chi connectivity index (χ1) is 16.8. The molecular formula is C29H29NO5. The minimum atomic E-state index is -0.988. The third kappa shape index (κ3) is 4.14. The molecule has 1 amide bonds. The molecule has 2 N–H and O–H groups in total. The van der Waals surface area contributed by atoms with Gasteiger partial charge in [0.15, 0.2) is 0 Å². The van der Waals surface area contributed by atoms with E-state index in [0.717, 1.165) is 29.5 Å². The van der Waals surface area contributed by atoms with Crippen molar-refractivity contribution in [3.05, 3.63) is 94.0 Å². The molecule has 5 rings (SSSR count). The van der Waals surface area contributed by atoms with E-state index in [1.807, 2.05) is 31.2 Å². The number of carbonyl (C=O) groups excluding carboxylic acids is 1. The third-order valence-corrected chi connectivity index (χ3v) is 7.38. The predicted octanol–water partition coefficient (Wildman–Crippen LogP) is 5.29. The summed E-state index contributed by atoms with van der Waals surface area (Å²) >= 11 is 0. The fourth-order valence-corrected chi connectivity index (χ4v) is 5.33. The Labute approximate surface area is 204 Å². The molecule has 0 aromatic heterocycles. The first-order valence-electron chi connectivity index (χ1n) is 11.9. The van der Waals surface area contributed by atoms with Crippen LogP contribution in [0.5, 0.6) is 11.5 Å². The molecule has 35 heavy (non-hydrogen) atoms. The maximum atomic E-state index is 13.7. The van der Waals surface area contributed by atoms with Crippen LogP contribution in [0.4, 0.5) is 0 Å². The van der Waals surface area contributed by atoms with Crippen molar-refractivity contribution in [2.75, 3.05) is 7.11 Å². The van der Waals surface area contributed by atoms with Gasteiger partial charge in [0.2, 0.25) is 5.91 Å². The lowest BCUT2D eigenvalue weighted by atomic mass is 9.82. The van der Waals surface area contributed by atoms with E-state index in [0.29, 0.717) is 17.9 Å². The van der Waals surface area contributed by atoms with Gasteiger partial charge in [0.05, 0.1) is 24.1 Å². The predicted molar refractivity (Wildman–Crippen MR) is 132 cm³/mol. The summed E-state index contributed by atoms with van der Waals surface area (Å²) in [6.07, 6.45) is 1.73. The largest absolute Gasteiger partial charge is 0.497 e. The first-order valence-corrected chi connectivity index (χ1v) is 11.9. The van der Waals surface area contributed by atoms with Crippen LogP contribution in [0.25, 0.3) is 0 Å². The van der Waals surface area contributed by atoms with Crippen molar-refractivity contribution in [3.63, 3.8) is 0 Å². The SMILES string of the molecule is COc1ccc2c(c1)O[C@@H](c1cccc(C(=O)O)c1)C[C@H]2NC(=O)C1(C)CCc2cc(C)ccc21. The molecule has 3 aromatic rings. The second kappa shape index (κ2) is 8.77. The molecule has 3 aromatic carbocycles. The van der Waals surface area contributed by atoms with Crippen molar-refractivity contribution in [2.24, 2.45) is 0 Å². The molecule has 180 valence electrons. The van der Waals surface area contributed by atoms with E-state index in [1.54, 1.807) is 25.3 Å². The standard InChI is InChI=1S/C29H29NO5/c1-17-7-10-23-18(13-17)11-12-29(23,2)28(33)30-24-16-25(19-5-4-6-20(14-19)27(31)32)35-26-15-21(34-3)8-9-22(24)26/h4-10,13-15,24-25H,11-12,16H2,1-3H3,(H,30,33)(H,31,32)/t24-,25-,29?/m1/s1. The molecule has 0 bridgehead atoms. The quantitative estimate of drug-likeness (QED) is 0.528. The van der Waals surface area contributed by atoms with E-state index in [1.165, 1.54) is 11.1 Å². The van der Waals surface area contributed by atoms with E-state index in [4.69, 9.17) is 9.47 Å². The first kappa shape index (κ1) is 23.0. The number of aromatic carboxylic acids is 1. The molecule has 1 unspecified atom stereocenters. The molecule has 1 heterocycles. The molecule has 6 nitrogen and oxygen atoms in total. The van der Waals surface area contributed by atoms with Gasteiger partial charge in [0.1, 0.15) is 17.6 Å². The number of carboxylic acids is 1. The highest BCUT2D eigenvalue weighted by Crippen LogP contribution is 2.44. The molecular weight excluding hydrogens is 442 g/mol. The number of nitrogens with one attached hydrogen (secondary N) is 1. The average Bonchev–Trinajstić information content (AvgIpc) is 3.20. The Morgan fingerprint density at radius 2 is 1.94 bits per heavy atom. The molecule has 1 aliphatic carbocycles. The second-order valence-corrected chi connectivity index (χ2v) is 9.70. The van der Waals surface area contributed by atoms with Crippen LogP contribution in [0.15, 0.2) is 60.7 Å². The van der Waals surface area contributed by atoms with Crippen LogP contribution in [0.3, 0.4) is 0 Å². The van der Waals surface area contributed by atoms with Gasteiger partial charge in [0, 0.05) is 18.1 Å². The number of fused-ring (bicyclic) bond motifs is 2. The Bertz CT molecular complexity index is 1320. The zero-order chi connectivity index (χ0) is 24.7. The van der Waals surface area contributed by atoms with Crippen LogP contribution in [-0.4, -0.2) is 24.1 Å². The Kier molecular flexibility index (Phi) is 5.75. The van der Waals surface area contributed by atoms with E-state index >= 15 is 0 Å². The fourth-order valence-electron chi connectivity index (χ4n) is 5.33. The summed E-state index contributed by atoms with van der Waals surface area (Å²) in [5, 5.41) is 12.7. The van der Waals surface area contributed by atoms with Gasteiger partial charge in [-0.3, -0.25) is 4.79 Å². The minimum Gasteiger partial charge on any atom is -0.497 e. The van der Waals surface area contributed by atoms with Crippen LogP contribution in [0, 0.1) is 6.92 Å². The summed E-state index contributed by atoms with van der Waals surface area (Å²) in [5.74, 6) is 0.282. The second-order valence-electron chi connectivity index (χ2n) is 9.70. The molecule has 0 saturated carbocycles. The highest BCUT2D eigenvalue weighted by atomic mass is 16.5. The normalized spacial score (nSPS) is 22.5. The van der Waals surface area contributed by atoms with E-state index in [-0.39, 0.29) is 17.5 Å². The van der Waals surface area contributed by atoms with Crippen LogP contribution in [0.2, 0.25) is 0 Å². The third-order valence-electron chi connectivity index (χ3n) is 7.38. The van der Waals surface area contributed by atoms with E-state index < -0.39 is 17.5 Å². The van der Waals surface area contributed by atoms with Gasteiger partial charge in [-0.05, 0) is 67.6 Å². The number of aryl methyl sites for hydroxylation is 2. The highest BCUT2D eigenvalue weighted by Gasteiger charge is 2.43. The van der Waals surface area contributed by atoms with Gasteiger partial charge in [-0.15, -0.1) is 0 Å². The van der Waals surface area contributed by atoms with Crippen molar-refractivity contribution >= 4 is 11.9 Å². The topological polar surface area (TPSA) is 84.9 Å². The number of amides is 1. The zero-order valence-corrected chi connectivity index (χ0v) is 20.1. The van der Waals surface area contributed by atoms with E-state index in [9.17, 15) is 14.7 Å². The van der Waals surface area contributed by atoms with E-state index in [2.05, 4.69) is 30.4 Å². The van der Waals surface area contributed by atoms with Crippen molar-refractivity contribution < 1.29 is 24.2 Å². The smallest absolute Gasteiger partial charge is 0.335 e. The van der Waals surface area contributed by atoms with Crippen LogP contribution < -0.4 is 14.8 Å². The fraction of sp³-hybridized carbons (Fsp3) is 0.310. The Hall–Kier alpha value is -3.80. The molecule has 2 aliphatic rings. The summed E-state index contributed by atoms with van der Waals surface area (Å²) < 4.78 is 11.7. The Morgan fingerprint density at radius 3 is 2.71 bits per heavy atom. The van der Waals surface area contributed by atoms with Crippen molar-refractivity contribution in [1.82, 2.24) is 5.32 Å². The molecule has 0 fully saturated rings. The summed E-state index contributed by atoms with van der Waals surface area (Å²) in [7, 11) is 1.59. The molecule has 6 heteroatoms. The minimum absolute atomic E-state index is 0.00759. The van der Waals surface area contributed by atoms with Gasteiger partial charge in [-0.2, -0.15) is 0 Å². The number of carboxylic acid groups (broad SMARTS) is 1. The van der Waals surface area contributed by atoms with Crippen LogP contribution in [0.1, 0.15) is 70.1 Å². The molecule has 0 saturated heterocycles. The number of ether oxygens (including phenoxy) is 2. The summed E-state index contributed by atoms with van der Waals surface area (Å²) in [6, 6.07) is 18.4. The monoisotopic (exact) mass is 471 g/mol. The molecule has 0 spiro atoms. The Morgan fingerprint density at radius 1 is 1.11 bits per heavy atom. The number of hydrogen-bond donors (Lipinski definition) is 2. The summed E-state index contributed by atoms with van der Waals surface area (Å²) in [5.41, 5.74) is 4.77. The summed E-state index contributed by atoms with van der Waals surface area (Å²) in [4.78, 5) is 25.3. The Balaban J connectivity index is 1.48. The zero-order valence-electron chi connectivity index (χ0n) is 20.1.